The molecule has 2 nitrogen and oxygen atoms in total. The van der Waals surface area contributed by atoms with Crippen molar-refractivity contribution in [1.82, 2.24) is 0 Å². The van der Waals surface area contributed by atoms with E-state index in [1.54, 1.807) is 13.8 Å². The van der Waals surface area contributed by atoms with E-state index in [-0.39, 0.29) is 44.3 Å². The van der Waals surface area contributed by atoms with Crippen LogP contribution < -0.4 is 0 Å². The molecule has 0 rings (SSSR count). The second-order valence-corrected chi connectivity index (χ2v) is 16.2. The summed E-state index contributed by atoms with van der Waals surface area (Å²) in [6.45, 7) is 46.0. The Balaban J connectivity index is -0.000000128. The summed E-state index contributed by atoms with van der Waals surface area (Å²) in [5, 5.41) is 0. The zero-order valence-electron chi connectivity index (χ0n) is 28.2. The van der Waals surface area contributed by atoms with E-state index in [1.165, 1.54) is 20.5 Å². The van der Waals surface area contributed by atoms with Gasteiger partial charge in [-0.2, -0.15) is 8.78 Å². The van der Waals surface area contributed by atoms with E-state index in [0.29, 0.717) is 0 Å². The molecule has 0 amide bonds. The zero-order chi connectivity index (χ0) is 29.3. The Hall–Kier alpha value is -2.70. The van der Waals surface area contributed by atoms with E-state index in [1.807, 2.05) is 27.4 Å². The van der Waals surface area contributed by atoms with Gasteiger partial charge in [0.25, 0.3) is 0 Å². The maximum atomic E-state index is 13.9. The number of ether oxygens (including phenoxy) is 2. The fraction of sp³-hybridized carbons (Fsp3) is 0.903. The Morgan fingerprint density at radius 1 is 0.487 bits per heavy atom. The quantitative estimate of drug-likeness (QED) is 0.178. The summed E-state index contributed by atoms with van der Waals surface area (Å²) in [5.41, 5.74) is -2.25. The Morgan fingerprint density at radius 2 is 0.769 bits per heavy atom. The van der Waals surface area contributed by atoms with Crippen molar-refractivity contribution < 1.29 is 35.3 Å². The predicted octanol–water partition coefficient (Wildman–Crippen LogP) is 10.8. The van der Waals surface area contributed by atoms with Crippen molar-refractivity contribution >= 4 is 0 Å². The molecule has 0 aliphatic rings. The van der Waals surface area contributed by atoms with E-state index >= 15 is 0 Å². The van der Waals surface area contributed by atoms with Gasteiger partial charge in [0.2, 0.25) is 0 Å². The third-order valence-electron chi connectivity index (χ3n) is 8.63. The maximum absolute atomic E-state index is 13.9. The Morgan fingerprint density at radius 3 is 1.00 bits per heavy atom. The van der Waals surface area contributed by atoms with Crippen molar-refractivity contribution in [1.29, 1.82) is 0 Å². The van der Waals surface area contributed by atoms with Gasteiger partial charge in [-0.05, 0) is 30.1 Å². The van der Waals surface area contributed by atoms with Crippen LogP contribution in [0.15, 0.2) is 0 Å². The van der Waals surface area contributed by atoms with Gasteiger partial charge in [-0.3, -0.25) is 0 Å². The van der Waals surface area contributed by atoms with Crippen molar-refractivity contribution in [2.45, 2.75) is 143 Å². The van der Waals surface area contributed by atoms with Gasteiger partial charge in [0, 0.05) is 11.0 Å². The van der Waals surface area contributed by atoms with Crippen molar-refractivity contribution in [3.05, 3.63) is 20.1 Å². The Kier molecular flexibility index (Phi) is 17.2. The molecule has 0 atom stereocenters. The SMILES string of the molecule is CC(C)(C)[CH-]OC(C)(C)C(C)(C)C(C)(C)C(C)(C)C.[CH2-]C(C)(C)C(C)(C)C(F)(F)O[CH-]C(C)(C)C.[Fe+2].[Fm].[Fm].[Fm]. The first-order valence-electron chi connectivity index (χ1n) is 12.9. The molecule has 0 aromatic heterocycles. The molecule has 0 aromatic rings. The summed E-state index contributed by atoms with van der Waals surface area (Å²) in [7, 11) is 0. The molecule has 0 spiro atoms. The molecule has 0 saturated heterocycles. The topological polar surface area (TPSA) is 18.5 Å². The zero-order valence-corrected chi connectivity index (χ0v) is 36.5. The third-order valence-corrected chi connectivity index (χ3v) is 8.63. The van der Waals surface area contributed by atoms with Crippen LogP contribution in [0.3, 0.4) is 0 Å². The van der Waals surface area contributed by atoms with E-state index in [4.69, 9.17) is 4.74 Å². The first kappa shape index (κ1) is 49.3. The normalized spacial score (nSPS) is 14.0. The summed E-state index contributed by atoms with van der Waals surface area (Å²) >= 11 is 0. The minimum Gasteiger partial charge on any atom is -0.547 e. The maximum Gasteiger partial charge on any atom is 2.00 e. The van der Waals surface area contributed by atoms with Crippen LogP contribution >= 0.6 is 0 Å². The molecule has 0 aromatic carbocycles. The van der Waals surface area contributed by atoms with Crippen LogP contribution in [0.4, 0.5) is 8.78 Å². The summed E-state index contributed by atoms with van der Waals surface area (Å²) in [6, 6.07) is 0. The average molecular weight is 1330 g/mol. The van der Waals surface area contributed by atoms with Crippen LogP contribution in [0, 0.1) is 58.0 Å². The molecule has 0 bridgehead atoms. The Bertz CT molecular complexity index is 665. The van der Waals surface area contributed by atoms with E-state index < -0.39 is 22.4 Å². The molecular weight excluding hydrogens is 1270 g/mol. The van der Waals surface area contributed by atoms with Crippen molar-refractivity contribution in [2.24, 2.45) is 37.9 Å². The number of alkyl halides is 2. The van der Waals surface area contributed by atoms with Gasteiger partial charge < -0.3 is 16.4 Å². The third kappa shape index (κ3) is 12.3. The second kappa shape index (κ2) is 13.6. The fourth-order valence-corrected chi connectivity index (χ4v) is 2.95. The standard InChI is InChI=1S/C18H37O.C13H24F2O.Fe.3Fm/c1-14(2,3)13-19-18(11,12)17(9,10)16(7,8)15(4,5)6;1-10(2,3)9-16-13(14,15)12(7,8)11(4,5)6;;;;/h13H,1-12H3;9H,4H2,1-3,5-8H3;;;;/q-1;-2;+2;;;. The van der Waals surface area contributed by atoms with Gasteiger partial charge in [0.05, 0.1) is 0 Å². The average Bonchev–Trinajstić information content (AvgIpc) is 2.55. The van der Waals surface area contributed by atoms with Gasteiger partial charge in [-0.25, -0.2) is 13.2 Å². The number of rotatable bonds is 8. The molecule has 0 radical (unpaired) electrons. The summed E-state index contributed by atoms with van der Waals surface area (Å²) in [5.74, 6) is 0. The van der Waals surface area contributed by atoms with Crippen molar-refractivity contribution in [2.75, 3.05) is 0 Å². The van der Waals surface area contributed by atoms with Crippen molar-refractivity contribution in [3.63, 3.8) is 0 Å². The smallest absolute Gasteiger partial charge is 0.547 e. The summed E-state index contributed by atoms with van der Waals surface area (Å²) in [4.78, 5) is 0. The van der Waals surface area contributed by atoms with E-state index in [9.17, 15) is 8.78 Å². The number of hydrogen-bond acceptors (Lipinski definition) is 2. The Labute approximate surface area is 236 Å². The molecule has 0 saturated carbocycles. The molecule has 0 N–H and O–H groups in total. The summed E-state index contributed by atoms with van der Waals surface area (Å²) < 4.78 is 38.8. The molecule has 39 heavy (non-hydrogen) atoms. The minimum absolute atomic E-state index is 0. The largest absolute Gasteiger partial charge is 2.00 e. The van der Waals surface area contributed by atoms with Crippen molar-refractivity contribution in [3.8, 4) is 0 Å². The molecule has 256 valence electrons. The van der Waals surface area contributed by atoms with Gasteiger partial charge in [0.1, 0.15) is 0 Å². The number of halogens is 2. The molecular formula is C31H61F2FeFm3O2-. The molecule has 0 heterocycles. The van der Waals surface area contributed by atoms with Gasteiger partial charge >= 0.3 is 23.2 Å². The van der Waals surface area contributed by atoms with E-state index in [0.717, 1.165) is 0 Å². The van der Waals surface area contributed by atoms with Crippen LogP contribution in [0.5, 0.6) is 0 Å². The van der Waals surface area contributed by atoms with Crippen LogP contribution in [0.25, 0.3) is 0 Å². The van der Waals surface area contributed by atoms with Crippen LogP contribution in [-0.4, -0.2) is 11.7 Å². The van der Waals surface area contributed by atoms with Gasteiger partial charge in [0.15, 0.2) is 0 Å². The van der Waals surface area contributed by atoms with Crippen LogP contribution in [-0.2, 0) is 26.5 Å². The molecule has 0 fully saturated rings. The summed E-state index contributed by atoms with van der Waals surface area (Å²) in [6.07, 6.45) is -3.23. The monoisotopic (exact) mass is 1330 g/mol. The number of hydrogen-bond donors (Lipinski definition) is 0. The first-order chi connectivity index (χ1) is 14.7. The van der Waals surface area contributed by atoms with Gasteiger partial charge in [-0.1, -0.05) is 118 Å². The molecule has 0 unspecified atom stereocenters. The predicted molar refractivity (Wildman–Crippen MR) is 149 cm³/mol. The fourth-order valence-electron chi connectivity index (χ4n) is 2.95. The minimum atomic E-state index is -3.23. The molecule has 8 heteroatoms. The molecule has 0 aliphatic heterocycles. The molecule has 0 aliphatic carbocycles. The second-order valence-electron chi connectivity index (χ2n) is 16.2. The van der Waals surface area contributed by atoms with E-state index in [2.05, 4.69) is 94.7 Å². The van der Waals surface area contributed by atoms with Crippen LogP contribution in [0.2, 0.25) is 0 Å². The van der Waals surface area contributed by atoms with Crippen LogP contribution in [0.1, 0.15) is 132 Å². The first-order valence-corrected chi connectivity index (χ1v) is 12.9. The van der Waals surface area contributed by atoms with Gasteiger partial charge in [-0.15, -0.1) is 16.2 Å².